The predicted molar refractivity (Wildman–Crippen MR) is 164 cm³/mol. The minimum absolute atomic E-state index is 0.0384. The Labute approximate surface area is 234 Å². The summed E-state index contributed by atoms with van der Waals surface area (Å²) in [6.45, 7) is 0.890. The first-order valence-corrected chi connectivity index (χ1v) is 14.5. The van der Waals surface area contributed by atoms with Gasteiger partial charge in [0.2, 0.25) is 5.91 Å². The molecule has 0 unspecified atom stereocenters. The average Bonchev–Trinajstić information content (AvgIpc) is 3.39. The van der Waals surface area contributed by atoms with Crippen LogP contribution in [0.15, 0.2) is 112 Å². The molecule has 0 radical (unpaired) electrons. The lowest BCUT2D eigenvalue weighted by molar-refractivity contribution is -0.118. The Hall–Kier alpha value is -4.20. The zero-order valence-electron chi connectivity index (χ0n) is 21.0. The van der Waals surface area contributed by atoms with Crippen LogP contribution in [-0.2, 0) is 4.79 Å². The number of thioether (sulfide) groups is 1. The third-order valence-electron chi connectivity index (χ3n) is 6.27. The number of carbonyl (C=O) groups excluding carboxylic acids is 1. The number of benzene rings is 5. The minimum Gasteiger partial charge on any atom is -0.492 e. The second-order valence-corrected chi connectivity index (χ2v) is 11.2. The SMILES string of the molecule is O=C(CSc1nc2ccc(N=Cc3c4ccccc4cc4ccccc34)cc2s1)NCCOc1ccccc1. The highest BCUT2D eigenvalue weighted by Crippen LogP contribution is 2.32. The van der Waals surface area contributed by atoms with E-state index in [0.717, 1.165) is 31.6 Å². The molecular formula is C32H25N3O2S2. The van der Waals surface area contributed by atoms with E-state index in [-0.39, 0.29) is 5.91 Å². The van der Waals surface area contributed by atoms with Crippen LogP contribution in [0, 0.1) is 0 Å². The molecule has 7 heteroatoms. The smallest absolute Gasteiger partial charge is 0.230 e. The van der Waals surface area contributed by atoms with Gasteiger partial charge in [0.1, 0.15) is 12.4 Å². The highest BCUT2D eigenvalue weighted by molar-refractivity contribution is 8.01. The number of rotatable bonds is 9. The summed E-state index contributed by atoms with van der Waals surface area (Å²) in [6, 6.07) is 34.7. The van der Waals surface area contributed by atoms with Crippen LogP contribution >= 0.6 is 23.1 Å². The van der Waals surface area contributed by atoms with E-state index in [0.29, 0.717) is 18.9 Å². The lowest BCUT2D eigenvalue weighted by Gasteiger charge is -2.07. The number of ether oxygens (including phenoxy) is 1. The molecule has 39 heavy (non-hydrogen) atoms. The third-order valence-corrected chi connectivity index (χ3v) is 8.43. The molecule has 1 amide bonds. The van der Waals surface area contributed by atoms with Gasteiger partial charge in [-0.1, -0.05) is 78.5 Å². The summed E-state index contributed by atoms with van der Waals surface area (Å²) < 4.78 is 7.53. The van der Waals surface area contributed by atoms with Gasteiger partial charge >= 0.3 is 0 Å². The number of hydrogen-bond donors (Lipinski definition) is 1. The Bertz CT molecular complexity index is 1740. The van der Waals surface area contributed by atoms with E-state index in [1.807, 2.05) is 48.7 Å². The number of thiazole rings is 1. The van der Waals surface area contributed by atoms with Crippen molar-refractivity contribution < 1.29 is 9.53 Å². The number of carbonyl (C=O) groups is 1. The quantitative estimate of drug-likeness (QED) is 0.0874. The van der Waals surface area contributed by atoms with Gasteiger partial charge in [-0.2, -0.15) is 0 Å². The second-order valence-electron chi connectivity index (χ2n) is 8.92. The second kappa shape index (κ2) is 11.7. The van der Waals surface area contributed by atoms with Gasteiger partial charge in [-0.05, 0) is 57.9 Å². The molecule has 1 N–H and O–H groups in total. The third kappa shape index (κ3) is 5.95. The number of nitrogens with zero attached hydrogens (tertiary/aromatic N) is 2. The molecule has 1 aromatic heterocycles. The lowest BCUT2D eigenvalue weighted by Crippen LogP contribution is -2.29. The normalized spacial score (nSPS) is 11.5. The van der Waals surface area contributed by atoms with Crippen molar-refractivity contribution in [3.63, 3.8) is 0 Å². The van der Waals surface area contributed by atoms with Crippen LogP contribution in [0.5, 0.6) is 5.75 Å². The molecule has 6 rings (SSSR count). The maximum atomic E-state index is 12.3. The van der Waals surface area contributed by atoms with Crippen molar-refractivity contribution >= 4 is 72.7 Å². The van der Waals surface area contributed by atoms with E-state index in [9.17, 15) is 4.79 Å². The van der Waals surface area contributed by atoms with Gasteiger partial charge in [-0.3, -0.25) is 9.79 Å². The predicted octanol–water partition coefficient (Wildman–Crippen LogP) is 7.64. The maximum Gasteiger partial charge on any atom is 0.230 e. The molecular weight excluding hydrogens is 523 g/mol. The zero-order valence-corrected chi connectivity index (χ0v) is 22.7. The van der Waals surface area contributed by atoms with Crippen molar-refractivity contribution in [1.82, 2.24) is 10.3 Å². The molecule has 0 spiro atoms. The molecule has 0 bridgehead atoms. The molecule has 0 fully saturated rings. The van der Waals surface area contributed by atoms with Crippen LogP contribution in [0.4, 0.5) is 5.69 Å². The van der Waals surface area contributed by atoms with Crippen molar-refractivity contribution in [2.75, 3.05) is 18.9 Å². The number of aromatic nitrogens is 1. The highest BCUT2D eigenvalue weighted by Gasteiger charge is 2.09. The molecule has 6 aromatic rings. The summed E-state index contributed by atoms with van der Waals surface area (Å²) in [5.74, 6) is 1.07. The van der Waals surface area contributed by atoms with Crippen LogP contribution in [0.25, 0.3) is 31.8 Å². The van der Waals surface area contributed by atoms with E-state index in [4.69, 9.17) is 9.73 Å². The van der Waals surface area contributed by atoms with Crippen LogP contribution in [0.1, 0.15) is 5.56 Å². The summed E-state index contributed by atoms with van der Waals surface area (Å²) in [7, 11) is 0. The van der Waals surface area contributed by atoms with Gasteiger partial charge in [0.05, 0.1) is 28.2 Å². The Balaban J connectivity index is 1.11. The lowest BCUT2D eigenvalue weighted by atomic mass is 9.97. The van der Waals surface area contributed by atoms with Gasteiger partial charge in [0.15, 0.2) is 4.34 Å². The molecule has 0 aliphatic carbocycles. The molecule has 1 heterocycles. The topological polar surface area (TPSA) is 63.6 Å². The summed E-state index contributed by atoms with van der Waals surface area (Å²) in [4.78, 5) is 21.8. The van der Waals surface area contributed by atoms with E-state index < -0.39 is 0 Å². The summed E-state index contributed by atoms with van der Waals surface area (Å²) in [5.41, 5.74) is 2.90. The average molecular weight is 548 g/mol. The molecule has 5 aromatic carbocycles. The van der Waals surface area contributed by atoms with E-state index in [2.05, 4.69) is 71.0 Å². The molecule has 192 valence electrons. The largest absolute Gasteiger partial charge is 0.492 e. The fraction of sp³-hybridized carbons (Fsp3) is 0.0938. The number of hydrogen-bond acceptors (Lipinski definition) is 6. The molecule has 0 atom stereocenters. The number of aliphatic imine (C=N–C) groups is 1. The van der Waals surface area contributed by atoms with Gasteiger partial charge in [0, 0.05) is 11.8 Å². The Kier molecular flexibility index (Phi) is 7.52. The van der Waals surface area contributed by atoms with Gasteiger partial charge in [-0.15, -0.1) is 11.3 Å². The first-order chi connectivity index (χ1) is 19.2. The fourth-order valence-electron chi connectivity index (χ4n) is 4.42. The number of para-hydroxylation sites is 1. The zero-order chi connectivity index (χ0) is 26.4. The van der Waals surface area contributed by atoms with Gasteiger partial charge in [0.25, 0.3) is 0 Å². The van der Waals surface area contributed by atoms with E-state index in [1.54, 1.807) is 11.3 Å². The highest BCUT2D eigenvalue weighted by atomic mass is 32.2. The monoisotopic (exact) mass is 547 g/mol. The van der Waals surface area contributed by atoms with Crippen molar-refractivity contribution in [2.24, 2.45) is 4.99 Å². The number of amides is 1. The molecule has 5 nitrogen and oxygen atoms in total. The van der Waals surface area contributed by atoms with Gasteiger partial charge in [-0.25, -0.2) is 4.98 Å². The Morgan fingerprint density at radius 3 is 2.38 bits per heavy atom. The first-order valence-electron chi connectivity index (χ1n) is 12.7. The standard InChI is InChI=1S/C32H25N3O2S2/c36-31(33-16-17-37-25-10-2-1-3-11-25)21-38-32-35-29-15-14-24(19-30(29)39-32)34-20-28-26-12-6-4-8-22(26)18-23-9-5-7-13-27(23)28/h1-15,18-20H,16-17,21H2,(H,33,36). The summed E-state index contributed by atoms with van der Waals surface area (Å²) in [5, 5.41) is 7.66. The van der Waals surface area contributed by atoms with Crippen LogP contribution in [0.2, 0.25) is 0 Å². The van der Waals surface area contributed by atoms with Crippen LogP contribution in [-0.4, -0.2) is 36.0 Å². The van der Waals surface area contributed by atoms with Crippen LogP contribution in [0.3, 0.4) is 0 Å². The Morgan fingerprint density at radius 2 is 1.62 bits per heavy atom. The van der Waals surface area contributed by atoms with Crippen molar-refractivity contribution in [3.8, 4) is 5.75 Å². The molecule has 0 saturated carbocycles. The molecule has 0 aliphatic rings. The summed E-state index contributed by atoms with van der Waals surface area (Å²) in [6.07, 6.45) is 1.97. The van der Waals surface area contributed by atoms with E-state index in [1.165, 1.54) is 33.3 Å². The van der Waals surface area contributed by atoms with E-state index >= 15 is 0 Å². The van der Waals surface area contributed by atoms with Crippen molar-refractivity contribution in [2.45, 2.75) is 4.34 Å². The minimum atomic E-state index is -0.0384. The number of nitrogens with one attached hydrogen (secondary N) is 1. The molecule has 0 saturated heterocycles. The first kappa shape index (κ1) is 25.1. The maximum absolute atomic E-state index is 12.3. The summed E-state index contributed by atoms with van der Waals surface area (Å²) >= 11 is 3.02. The molecule has 0 aliphatic heterocycles. The van der Waals surface area contributed by atoms with Crippen molar-refractivity contribution in [1.29, 1.82) is 0 Å². The van der Waals surface area contributed by atoms with Gasteiger partial charge < -0.3 is 10.1 Å². The Morgan fingerprint density at radius 1 is 0.897 bits per heavy atom. The van der Waals surface area contributed by atoms with Crippen LogP contribution < -0.4 is 10.1 Å². The van der Waals surface area contributed by atoms with Crippen molar-refractivity contribution in [3.05, 3.63) is 109 Å². The fourth-order valence-corrected chi connectivity index (χ4v) is 6.35. The number of fused-ring (bicyclic) bond motifs is 3.